The van der Waals surface area contributed by atoms with Crippen LogP contribution >= 0.6 is 0 Å². The van der Waals surface area contributed by atoms with Crippen LogP contribution in [0.5, 0.6) is 0 Å². The summed E-state index contributed by atoms with van der Waals surface area (Å²) < 4.78 is 29.3. The molecule has 0 radical (unpaired) electrons. The molecule has 1 saturated heterocycles. The van der Waals surface area contributed by atoms with Gasteiger partial charge in [-0.1, -0.05) is 26.0 Å². The topological polar surface area (TPSA) is 75.5 Å². The first-order valence-electron chi connectivity index (χ1n) is 11.0. The van der Waals surface area contributed by atoms with Crippen LogP contribution in [0.4, 0.5) is 0 Å². The van der Waals surface area contributed by atoms with Gasteiger partial charge in [-0.05, 0) is 54.7 Å². The number of fused-ring (bicyclic) bond motifs is 1. The molecule has 0 unspecified atom stereocenters. The van der Waals surface area contributed by atoms with Crippen LogP contribution in [0.1, 0.15) is 54.4 Å². The maximum Gasteiger partial charge on any atom is 0.253 e. The van der Waals surface area contributed by atoms with Gasteiger partial charge < -0.3 is 9.47 Å². The molecule has 1 fully saturated rings. The SMILES string of the molecule is CC(C)c1ccc(S(=O)(=O)N(C)Cc2nc3cc(C(=O)N4CCCC4)ccc3n2C)cc1. The van der Waals surface area contributed by atoms with E-state index in [2.05, 4.69) is 18.8 Å². The number of likely N-dealkylation sites (tertiary alicyclic amines) is 1. The zero-order valence-corrected chi connectivity index (χ0v) is 19.9. The number of carbonyl (C=O) groups excluding carboxylic acids is 1. The monoisotopic (exact) mass is 454 g/mol. The third-order valence-corrected chi connectivity index (χ3v) is 8.05. The molecule has 0 saturated carbocycles. The molecular weight excluding hydrogens is 424 g/mol. The average Bonchev–Trinajstić information content (AvgIpc) is 3.42. The summed E-state index contributed by atoms with van der Waals surface area (Å²) in [5, 5.41) is 0. The highest BCUT2D eigenvalue weighted by atomic mass is 32.2. The molecule has 0 N–H and O–H groups in total. The molecule has 1 amide bonds. The molecule has 170 valence electrons. The Bertz CT molecular complexity index is 1240. The Labute approximate surface area is 189 Å². The van der Waals surface area contributed by atoms with Crippen LogP contribution in [0.15, 0.2) is 47.4 Å². The lowest BCUT2D eigenvalue weighted by atomic mass is 10.0. The summed E-state index contributed by atoms with van der Waals surface area (Å²) in [6, 6.07) is 12.6. The quantitative estimate of drug-likeness (QED) is 0.568. The predicted octanol–water partition coefficient (Wildman–Crippen LogP) is 3.75. The minimum absolute atomic E-state index is 0.0288. The lowest BCUT2D eigenvalue weighted by Crippen LogP contribution is -2.27. The Morgan fingerprint density at radius 3 is 2.38 bits per heavy atom. The summed E-state index contributed by atoms with van der Waals surface area (Å²) in [6.07, 6.45) is 2.09. The van der Waals surface area contributed by atoms with Gasteiger partial charge in [0.05, 0.1) is 22.5 Å². The fraction of sp³-hybridized carbons (Fsp3) is 0.417. The van der Waals surface area contributed by atoms with E-state index in [-0.39, 0.29) is 17.3 Å². The van der Waals surface area contributed by atoms with Crippen molar-refractivity contribution in [1.29, 1.82) is 0 Å². The zero-order chi connectivity index (χ0) is 23.0. The van der Waals surface area contributed by atoms with Gasteiger partial charge in [0, 0.05) is 32.7 Å². The molecule has 4 rings (SSSR count). The smallest absolute Gasteiger partial charge is 0.253 e. The third kappa shape index (κ3) is 4.17. The van der Waals surface area contributed by atoms with Gasteiger partial charge in [0.1, 0.15) is 5.82 Å². The van der Waals surface area contributed by atoms with Gasteiger partial charge in [-0.15, -0.1) is 0 Å². The molecule has 1 aliphatic heterocycles. The number of amides is 1. The Morgan fingerprint density at radius 1 is 1.09 bits per heavy atom. The van der Waals surface area contributed by atoms with Crippen LogP contribution < -0.4 is 0 Å². The van der Waals surface area contributed by atoms with Crippen LogP contribution in [0.2, 0.25) is 0 Å². The molecule has 32 heavy (non-hydrogen) atoms. The summed E-state index contributed by atoms with van der Waals surface area (Å²) in [5.74, 6) is 0.989. The molecule has 1 aromatic heterocycles. The summed E-state index contributed by atoms with van der Waals surface area (Å²) >= 11 is 0. The Hall–Kier alpha value is -2.71. The number of sulfonamides is 1. The summed E-state index contributed by atoms with van der Waals surface area (Å²) in [5.41, 5.74) is 3.28. The van der Waals surface area contributed by atoms with Crippen molar-refractivity contribution < 1.29 is 13.2 Å². The standard InChI is InChI=1S/C24H30N4O3S/c1-17(2)18-7-10-20(11-8-18)32(30,31)26(3)16-23-25-21-15-19(9-12-22(21)27(23)4)24(29)28-13-5-6-14-28/h7-12,15,17H,5-6,13-14,16H2,1-4H3. The van der Waals surface area contributed by atoms with Crippen molar-refractivity contribution in [2.45, 2.75) is 44.0 Å². The molecule has 3 aromatic rings. The second kappa shape index (κ2) is 8.67. The number of rotatable bonds is 6. The van der Waals surface area contributed by atoms with Crippen molar-refractivity contribution >= 4 is 27.0 Å². The average molecular weight is 455 g/mol. The normalized spacial score (nSPS) is 14.8. The number of imidazole rings is 1. The fourth-order valence-electron chi connectivity index (χ4n) is 4.12. The third-order valence-electron chi connectivity index (χ3n) is 6.23. The molecule has 1 aliphatic rings. The van der Waals surface area contributed by atoms with E-state index in [0.717, 1.165) is 37.0 Å². The molecule has 0 spiro atoms. The van der Waals surface area contributed by atoms with Crippen molar-refractivity contribution in [3.8, 4) is 0 Å². The maximum atomic E-state index is 13.1. The van der Waals surface area contributed by atoms with Crippen molar-refractivity contribution in [2.75, 3.05) is 20.1 Å². The Morgan fingerprint density at radius 2 is 1.75 bits per heavy atom. The highest BCUT2D eigenvalue weighted by Crippen LogP contribution is 2.23. The van der Waals surface area contributed by atoms with E-state index < -0.39 is 10.0 Å². The van der Waals surface area contributed by atoms with Crippen LogP contribution in [-0.4, -0.2) is 53.2 Å². The van der Waals surface area contributed by atoms with Crippen LogP contribution in [0, 0.1) is 0 Å². The summed E-state index contributed by atoms with van der Waals surface area (Å²) in [4.78, 5) is 19.5. The molecule has 8 heteroatoms. The molecular formula is C24H30N4O3S. The van der Waals surface area contributed by atoms with E-state index in [4.69, 9.17) is 0 Å². The van der Waals surface area contributed by atoms with E-state index in [0.29, 0.717) is 22.8 Å². The molecule has 0 atom stereocenters. The highest BCUT2D eigenvalue weighted by Gasteiger charge is 2.24. The highest BCUT2D eigenvalue weighted by molar-refractivity contribution is 7.89. The van der Waals surface area contributed by atoms with Crippen molar-refractivity contribution in [1.82, 2.24) is 18.8 Å². The Kier molecular flexibility index (Phi) is 6.09. The first-order valence-corrected chi connectivity index (χ1v) is 12.4. The number of carbonyl (C=O) groups is 1. The fourth-order valence-corrected chi connectivity index (χ4v) is 5.24. The number of aromatic nitrogens is 2. The van der Waals surface area contributed by atoms with E-state index in [1.54, 1.807) is 25.2 Å². The van der Waals surface area contributed by atoms with Crippen LogP contribution in [-0.2, 0) is 23.6 Å². The molecule has 2 aromatic carbocycles. The van der Waals surface area contributed by atoms with E-state index in [1.165, 1.54) is 4.31 Å². The first kappa shape index (κ1) is 22.5. The predicted molar refractivity (Wildman–Crippen MR) is 125 cm³/mol. The van der Waals surface area contributed by atoms with Gasteiger partial charge in [-0.2, -0.15) is 4.31 Å². The lowest BCUT2D eigenvalue weighted by molar-refractivity contribution is 0.0793. The van der Waals surface area contributed by atoms with Crippen LogP contribution in [0.25, 0.3) is 11.0 Å². The minimum atomic E-state index is -3.65. The number of nitrogens with zero attached hydrogens (tertiary/aromatic N) is 4. The zero-order valence-electron chi connectivity index (χ0n) is 19.1. The van der Waals surface area contributed by atoms with E-state index in [9.17, 15) is 13.2 Å². The maximum absolute atomic E-state index is 13.1. The van der Waals surface area contributed by atoms with Crippen molar-refractivity contribution in [3.63, 3.8) is 0 Å². The van der Waals surface area contributed by atoms with E-state index >= 15 is 0 Å². The summed E-state index contributed by atoms with van der Waals surface area (Å²) in [6.45, 7) is 5.88. The molecule has 7 nitrogen and oxygen atoms in total. The van der Waals surface area contributed by atoms with Gasteiger partial charge in [-0.3, -0.25) is 4.79 Å². The second-order valence-corrected chi connectivity index (χ2v) is 10.8. The number of benzene rings is 2. The number of hydrogen-bond acceptors (Lipinski definition) is 4. The number of aryl methyl sites for hydroxylation is 1. The van der Waals surface area contributed by atoms with Gasteiger partial charge in [0.15, 0.2) is 0 Å². The molecule has 2 heterocycles. The lowest BCUT2D eigenvalue weighted by Gasteiger charge is -2.17. The molecule has 0 aliphatic carbocycles. The molecule has 0 bridgehead atoms. The number of hydrogen-bond donors (Lipinski definition) is 0. The van der Waals surface area contributed by atoms with Gasteiger partial charge >= 0.3 is 0 Å². The van der Waals surface area contributed by atoms with Gasteiger partial charge in [-0.25, -0.2) is 13.4 Å². The largest absolute Gasteiger partial charge is 0.339 e. The van der Waals surface area contributed by atoms with Crippen molar-refractivity contribution in [2.24, 2.45) is 7.05 Å². The van der Waals surface area contributed by atoms with Gasteiger partial charge in [0.25, 0.3) is 5.91 Å². The van der Waals surface area contributed by atoms with Crippen molar-refractivity contribution in [3.05, 3.63) is 59.4 Å². The summed E-state index contributed by atoms with van der Waals surface area (Å²) in [7, 11) is -0.219. The first-order chi connectivity index (χ1) is 15.2. The van der Waals surface area contributed by atoms with Gasteiger partial charge in [0.2, 0.25) is 10.0 Å². The van der Waals surface area contributed by atoms with Crippen LogP contribution in [0.3, 0.4) is 0 Å². The second-order valence-electron chi connectivity index (χ2n) is 8.77. The minimum Gasteiger partial charge on any atom is -0.339 e. The Balaban J connectivity index is 1.57. The van der Waals surface area contributed by atoms with E-state index in [1.807, 2.05) is 40.8 Å².